The second-order valence-corrected chi connectivity index (χ2v) is 31.8. The topological polar surface area (TPSA) is 18.5 Å². The van der Waals surface area contributed by atoms with Crippen molar-refractivity contribution >= 4 is 124 Å². The third-order valence-corrected chi connectivity index (χ3v) is 28.4. The number of ether oxygens (including phenoxy) is 2. The first-order valence-electron chi connectivity index (χ1n) is 30.1. The lowest BCUT2D eigenvalue weighted by molar-refractivity contribution is 0.411. The van der Waals surface area contributed by atoms with Gasteiger partial charge in [0.1, 0.15) is 11.5 Å². The molecule has 11 heteroatoms. The normalized spacial score (nSPS) is 12.0. The molecule has 0 atom stereocenters. The van der Waals surface area contributed by atoms with Gasteiger partial charge in [0.05, 0.1) is 14.2 Å². The third-order valence-electron chi connectivity index (χ3n) is 16.7. The average molecular weight is 1280 g/mol. The molecule has 0 aliphatic carbocycles. The summed E-state index contributed by atoms with van der Waals surface area (Å²) in [4.78, 5) is 24.6. The Labute approximate surface area is 536 Å². The van der Waals surface area contributed by atoms with Crippen molar-refractivity contribution in [2.45, 2.75) is 105 Å². The van der Waals surface area contributed by atoms with E-state index in [0.29, 0.717) is 0 Å². The van der Waals surface area contributed by atoms with Gasteiger partial charge in [-0.05, 0) is 215 Å². The molecule has 14 rings (SSSR count). The van der Waals surface area contributed by atoms with Crippen molar-refractivity contribution in [3.05, 3.63) is 168 Å². The lowest BCUT2D eigenvalue weighted by Gasteiger charge is -2.18. The van der Waals surface area contributed by atoms with Crippen molar-refractivity contribution in [2.75, 3.05) is 14.2 Å². The van der Waals surface area contributed by atoms with Gasteiger partial charge in [0.2, 0.25) is 0 Å². The molecule has 85 heavy (non-hydrogen) atoms. The van der Waals surface area contributed by atoms with Crippen LogP contribution in [-0.4, -0.2) is 14.2 Å². The Bertz CT molecular complexity index is 4260. The van der Waals surface area contributed by atoms with Gasteiger partial charge in [0.15, 0.2) is 0 Å². The largest absolute Gasteiger partial charge is 0.496 e. The molecule has 428 valence electrons. The van der Waals surface area contributed by atoms with E-state index in [9.17, 15) is 0 Å². The SMILES string of the molecule is CCCCc1c2sc(c1CCCC)-c1ccc(s1)-c1ccc(s1)-c1ccc(s1)-c1sc(c(CCCC)c1CCCC)-c1ccc(s1)-c1ccc(s1)-c1ccc3ccc(OC)c(c3c1)-c1c(OC)ccc3ccc(cc13)-c1ccc(s1)-c1ccc-2s1. The molecule has 0 spiro atoms. The van der Waals surface area contributed by atoms with Crippen molar-refractivity contribution in [1.29, 1.82) is 0 Å². The molecule has 0 unspecified atom stereocenters. The van der Waals surface area contributed by atoms with Gasteiger partial charge in [-0.2, -0.15) is 0 Å². The second-order valence-electron chi connectivity index (χ2n) is 22.2. The van der Waals surface area contributed by atoms with Crippen LogP contribution in [0.2, 0.25) is 0 Å². The Morgan fingerprint density at radius 2 is 0.518 bits per heavy atom. The minimum atomic E-state index is 0.825. The summed E-state index contributed by atoms with van der Waals surface area (Å²) in [5.41, 5.74) is 10.8. The Morgan fingerprint density at radius 1 is 0.271 bits per heavy atom. The number of hydrogen-bond donors (Lipinski definition) is 0. The molecule has 0 saturated heterocycles. The van der Waals surface area contributed by atoms with Crippen LogP contribution in [0.25, 0.3) is 132 Å². The van der Waals surface area contributed by atoms with E-state index < -0.39 is 0 Å². The van der Waals surface area contributed by atoms with E-state index in [0.717, 1.165) is 69.9 Å². The van der Waals surface area contributed by atoms with Crippen LogP contribution in [0.5, 0.6) is 11.5 Å². The van der Waals surface area contributed by atoms with Crippen LogP contribution >= 0.6 is 102 Å². The van der Waals surface area contributed by atoms with Gasteiger partial charge in [-0.25, -0.2) is 0 Å². The number of unbranched alkanes of at least 4 members (excludes halogenated alkanes) is 4. The number of benzene rings is 4. The molecule has 0 radical (unpaired) electrons. The van der Waals surface area contributed by atoms with Crippen LogP contribution in [0, 0.1) is 0 Å². The van der Waals surface area contributed by atoms with Crippen LogP contribution in [0.3, 0.4) is 0 Å². The summed E-state index contributed by atoms with van der Waals surface area (Å²) >= 11 is 17.7. The Balaban J connectivity index is 0.940. The third kappa shape index (κ3) is 10.8. The molecule has 0 fully saturated rings. The maximum absolute atomic E-state index is 6.33. The zero-order valence-electron chi connectivity index (χ0n) is 48.8. The first-order valence-corrected chi connectivity index (χ1v) is 37.4. The van der Waals surface area contributed by atoms with E-state index in [1.807, 2.05) is 102 Å². The predicted octanol–water partition coefficient (Wildman–Crippen LogP) is 26.6. The molecule has 22 bridgehead atoms. The summed E-state index contributed by atoms with van der Waals surface area (Å²) in [6.45, 7) is 9.35. The summed E-state index contributed by atoms with van der Waals surface area (Å²) in [5.74, 6) is 1.65. The Hall–Kier alpha value is -5.70. The first-order chi connectivity index (χ1) is 41.8. The first kappa shape index (κ1) is 57.1. The maximum atomic E-state index is 6.33. The monoisotopic (exact) mass is 1270 g/mol. The van der Waals surface area contributed by atoms with E-state index in [1.54, 1.807) is 36.5 Å². The minimum absolute atomic E-state index is 0.825. The fraction of sp³-hybridized carbons (Fsp3) is 0.243. The smallest absolute Gasteiger partial charge is 0.127 e. The highest BCUT2D eigenvalue weighted by atomic mass is 32.1. The fourth-order valence-corrected chi connectivity index (χ4v) is 23.0. The van der Waals surface area contributed by atoms with Crippen LogP contribution in [0.15, 0.2) is 146 Å². The summed E-state index contributed by atoms with van der Waals surface area (Å²) in [6, 6.07) is 55.8. The zero-order valence-corrected chi connectivity index (χ0v) is 56.2. The number of methoxy groups -OCH3 is 2. The number of fused-ring (bicyclic) bond motifs is 31. The molecular weight excluding hydrogens is 1210 g/mol. The molecule has 10 heterocycles. The Kier molecular flexibility index (Phi) is 16.7. The lowest BCUT2D eigenvalue weighted by atomic mass is 9.90. The molecule has 13 aromatic rings. The highest BCUT2D eigenvalue weighted by molar-refractivity contribution is 7.32. The van der Waals surface area contributed by atoms with E-state index in [4.69, 9.17) is 9.47 Å². The van der Waals surface area contributed by atoms with Gasteiger partial charge >= 0.3 is 0 Å². The van der Waals surface area contributed by atoms with Crippen LogP contribution in [0.4, 0.5) is 0 Å². The molecule has 9 aromatic heterocycles. The van der Waals surface area contributed by atoms with E-state index in [-0.39, 0.29) is 0 Å². The van der Waals surface area contributed by atoms with Gasteiger partial charge < -0.3 is 9.47 Å². The van der Waals surface area contributed by atoms with E-state index >= 15 is 0 Å². The molecule has 0 saturated carbocycles. The minimum Gasteiger partial charge on any atom is -0.496 e. The van der Waals surface area contributed by atoms with Crippen molar-refractivity contribution in [3.63, 3.8) is 0 Å². The van der Waals surface area contributed by atoms with Gasteiger partial charge in [-0.1, -0.05) is 89.8 Å². The molecule has 1 aliphatic rings. The van der Waals surface area contributed by atoms with Crippen LogP contribution < -0.4 is 9.47 Å². The highest BCUT2D eigenvalue weighted by Crippen LogP contribution is 2.55. The van der Waals surface area contributed by atoms with Crippen molar-refractivity contribution in [1.82, 2.24) is 0 Å². The average Bonchev–Trinajstić information content (AvgIpc) is 2.00. The predicted molar refractivity (Wildman–Crippen MR) is 383 cm³/mol. The van der Waals surface area contributed by atoms with Crippen molar-refractivity contribution in [2.24, 2.45) is 0 Å². The number of rotatable bonds is 14. The maximum Gasteiger partial charge on any atom is 0.127 e. The molecule has 0 N–H and O–H groups in total. The van der Waals surface area contributed by atoms with Crippen LogP contribution in [-0.2, 0) is 25.7 Å². The van der Waals surface area contributed by atoms with Crippen molar-refractivity contribution < 1.29 is 9.47 Å². The lowest BCUT2D eigenvalue weighted by Crippen LogP contribution is -1.95. The molecular formula is C74H66O2S9. The van der Waals surface area contributed by atoms with Crippen LogP contribution in [0.1, 0.15) is 101 Å². The summed E-state index contributed by atoms with van der Waals surface area (Å²) in [5, 5.41) is 4.60. The summed E-state index contributed by atoms with van der Waals surface area (Å²) in [6.07, 6.45) is 14.0. The summed E-state index contributed by atoms with van der Waals surface area (Å²) in [7, 11) is 3.59. The highest BCUT2D eigenvalue weighted by Gasteiger charge is 2.27. The van der Waals surface area contributed by atoms with Gasteiger partial charge in [0.25, 0.3) is 0 Å². The van der Waals surface area contributed by atoms with E-state index in [2.05, 4.69) is 173 Å². The molecule has 2 nitrogen and oxygen atoms in total. The second kappa shape index (κ2) is 24.8. The quantitative estimate of drug-likeness (QED) is 0.108. The number of thiophene rings is 9. The molecule has 4 aromatic carbocycles. The Morgan fingerprint density at radius 3 is 0.800 bits per heavy atom. The van der Waals surface area contributed by atoms with Gasteiger partial charge in [0, 0.05) is 98.9 Å². The number of hydrogen-bond acceptors (Lipinski definition) is 11. The summed E-state index contributed by atoms with van der Waals surface area (Å²) < 4.78 is 12.7. The van der Waals surface area contributed by atoms with Gasteiger partial charge in [-0.3, -0.25) is 0 Å². The molecule has 1 aliphatic heterocycles. The van der Waals surface area contributed by atoms with Gasteiger partial charge in [-0.15, -0.1) is 102 Å². The molecule has 0 amide bonds. The van der Waals surface area contributed by atoms with E-state index in [1.165, 1.54) is 150 Å². The fourth-order valence-electron chi connectivity index (χ4n) is 12.3. The standard InChI is InChI=1S/C74H66O2S9/c1-7-11-15-47-49(17-13-9-3)73-67-39-35-63(82-67)59-31-32-60(79-59)64-36-40-68(83-64)74-50(18-14-10-4)48(16-12-8-2)72(85-74)66-38-34-62(81-66)58-30-28-56(78-58)46-22-20-44-24-26-54(76-6)70(52(44)42-46)69-51-41-45(21-19-43(51)23-25-53(69)75-5)55-27-29-57(77-55)61-33-37-65(80-61)71(47)84-73/h19-42H,7-18H2,1-6H3. The van der Waals surface area contributed by atoms with Crippen molar-refractivity contribution in [3.8, 4) is 122 Å². The zero-order chi connectivity index (χ0) is 57.7.